The lowest BCUT2D eigenvalue weighted by Crippen LogP contribution is -2.07. The Labute approximate surface area is 116 Å². The molecule has 0 aromatic heterocycles. The maximum Gasteiger partial charge on any atom is -0.00768 e. The van der Waals surface area contributed by atoms with E-state index in [1.54, 1.807) is 5.56 Å². The van der Waals surface area contributed by atoms with Crippen LogP contribution in [0.3, 0.4) is 0 Å². The molecule has 0 heterocycles. The van der Waals surface area contributed by atoms with Crippen molar-refractivity contribution in [1.29, 1.82) is 0 Å². The van der Waals surface area contributed by atoms with Crippen LogP contribution < -0.4 is 0 Å². The number of hydrogen-bond donors (Lipinski definition) is 0. The SMILES string of the molecule is C=C1CC=Cc2ccc3c(c21)C(=C)CC1CC31.CC. The van der Waals surface area contributed by atoms with E-state index >= 15 is 0 Å². The van der Waals surface area contributed by atoms with Crippen LogP contribution >= 0.6 is 0 Å². The fourth-order valence-corrected chi connectivity index (χ4v) is 3.55. The molecule has 0 aliphatic heterocycles. The molecule has 0 nitrogen and oxygen atoms in total. The van der Waals surface area contributed by atoms with Gasteiger partial charge in [-0.15, -0.1) is 0 Å². The molecule has 3 aliphatic carbocycles. The third kappa shape index (κ3) is 1.82. The topological polar surface area (TPSA) is 0 Å². The van der Waals surface area contributed by atoms with Crippen molar-refractivity contribution in [2.45, 2.75) is 39.0 Å². The van der Waals surface area contributed by atoms with Gasteiger partial charge in [0, 0.05) is 0 Å². The lowest BCUT2D eigenvalue weighted by Gasteiger charge is -2.25. The smallest absolute Gasteiger partial charge is 0.00768 e. The summed E-state index contributed by atoms with van der Waals surface area (Å²) in [5, 5.41) is 0. The standard InChI is InChI=1S/C17H16.C2H6/c1-10-4-3-5-12-6-7-14-15-9-13(15)8-11(2)17(14)16(10)12;1-2/h3,5-7,13,15H,1-2,4,8-9H2;1-2H3. The lowest BCUT2D eigenvalue weighted by atomic mass is 9.79. The van der Waals surface area contributed by atoms with Gasteiger partial charge in [0.25, 0.3) is 0 Å². The third-order valence-electron chi connectivity index (χ3n) is 4.47. The van der Waals surface area contributed by atoms with Gasteiger partial charge in [-0.1, -0.05) is 51.3 Å². The molecule has 0 radical (unpaired) electrons. The van der Waals surface area contributed by atoms with Gasteiger partial charge in [0.05, 0.1) is 0 Å². The molecule has 0 amide bonds. The molecule has 0 saturated heterocycles. The summed E-state index contributed by atoms with van der Waals surface area (Å²) in [6, 6.07) is 4.59. The van der Waals surface area contributed by atoms with E-state index < -0.39 is 0 Å². The Kier molecular flexibility index (Phi) is 2.97. The zero-order valence-electron chi connectivity index (χ0n) is 12.0. The zero-order valence-corrected chi connectivity index (χ0v) is 12.0. The van der Waals surface area contributed by atoms with Crippen LogP contribution in [0, 0.1) is 5.92 Å². The Morgan fingerprint density at radius 1 is 1.05 bits per heavy atom. The van der Waals surface area contributed by atoms with Crippen molar-refractivity contribution in [3.05, 3.63) is 53.6 Å². The molecule has 1 aromatic rings. The lowest BCUT2D eigenvalue weighted by molar-refractivity contribution is 0.807. The summed E-state index contributed by atoms with van der Waals surface area (Å²) in [5.74, 6) is 1.71. The largest absolute Gasteiger partial charge is 0.0952 e. The molecule has 19 heavy (non-hydrogen) atoms. The highest BCUT2D eigenvalue weighted by atomic mass is 14.5. The predicted octanol–water partition coefficient (Wildman–Crippen LogP) is 5.66. The van der Waals surface area contributed by atoms with E-state index in [-0.39, 0.29) is 0 Å². The summed E-state index contributed by atoms with van der Waals surface area (Å²) < 4.78 is 0. The Balaban J connectivity index is 0.000000528. The monoisotopic (exact) mass is 250 g/mol. The van der Waals surface area contributed by atoms with Crippen molar-refractivity contribution in [2.75, 3.05) is 0 Å². The van der Waals surface area contributed by atoms with Crippen molar-refractivity contribution < 1.29 is 0 Å². The molecule has 2 atom stereocenters. The fourth-order valence-electron chi connectivity index (χ4n) is 3.55. The van der Waals surface area contributed by atoms with Crippen LogP contribution in [0.15, 0.2) is 31.4 Å². The maximum atomic E-state index is 4.31. The molecule has 0 bridgehead atoms. The van der Waals surface area contributed by atoms with Gasteiger partial charge < -0.3 is 0 Å². The van der Waals surface area contributed by atoms with E-state index in [0.717, 1.165) is 18.3 Å². The van der Waals surface area contributed by atoms with E-state index in [0.29, 0.717) is 0 Å². The third-order valence-corrected chi connectivity index (χ3v) is 4.47. The first-order chi connectivity index (χ1) is 9.25. The first-order valence-electron chi connectivity index (χ1n) is 7.45. The molecule has 0 heteroatoms. The minimum absolute atomic E-state index is 0.819. The molecule has 4 rings (SSSR count). The Morgan fingerprint density at radius 3 is 2.63 bits per heavy atom. The van der Waals surface area contributed by atoms with Gasteiger partial charge in [-0.25, -0.2) is 0 Å². The summed E-state index contributed by atoms with van der Waals surface area (Å²) in [6.07, 6.45) is 8.00. The van der Waals surface area contributed by atoms with Crippen molar-refractivity contribution in [2.24, 2.45) is 5.92 Å². The number of allylic oxidation sites excluding steroid dienone is 3. The summed E-state index contributed by atoms with van der Waals surface area (Å²) >= 11 is 0. The van der Waals surface area contributed by atoms with E-state index in [1.807, 2.05) is 13.8 Å². The second kappa shape index (κ2) is 4.52. The van der Waals surface area contributed by atoms with E-state index in [2.05, 4.69) is 37.4 Å². The quantitative estimate of drug-likeness (QED) is 0.557. The van der Waals surface area contributed by atoms with E-state index in [1.165, 1.54) is 40.7 Å². The van der Waals surface area contributed by atoms with Gasteiger partial charge in [0.15, 0.2) is 0 Å². The van der Waals surface area contributed by atoms with Gasteiger partial charge in [-0.05, 0) is 64.5 Å². The number of fused-ring (bicyclic) bond motifs is 5. The van der Waals surface area contributed by atoms with Gasteiger partial charge in [0.1, 0.15) is 0 Å². The molecular formula is C19H22. The van der Waals surface area contributed by atoms with Crippen LogP contribution in [-0.4, -0.2) is 0 Å². The summed E-state index contributed by atoms with van der Waals surface area (Å²) in [4.78, 5) is 0. The maximum absolute atomic E-state index is 4.31. The van der Waals surface area contributed by atoms with Gasteiger partial charge in [-0.3, -0.25) is 0 Å². The highest BCUT2D eigenvalue weighted by molar-refractivity contribution is 5.89. The van der Waals surface area contributed by atoms with Crippen molar-refractivity contribution >= 4 is 17.2 Å². The minimum Gasteiger partial charge on any atom is -0.0952 e. The molecule has 1 saturated carbocycles. The normalized spacial score (nSPS) is 25.8. The van der Waals surface area contributed by atoms with Crippen LogP contribution in [0.4, 0.5) is 0 Å². The molecule has 1 aromatic carbocycles. The zero-order chi connectivity index (χ0) is 13.6. The average molecular weight is 250 g/mol. The van der Waals surface area contributed by atoms with E-state index in [9.17, 15) is 0 Å². The second-order valence-electron chi connectivity index (χ2n) is 5.61. The van der Waals surface area contributed by atoms with Crippen LogP contribution in [0.5, 0.6) is 0 Å². The van der Waals surface area contributed by atoms with Crippen LogP contribution in [0.25, 0.3) is 17.2 Å². The minimum atomic E-state index is 0.819. The molecule has 1 fully saturated rings. The van der Waals surface area contributed by atoms with Crippen molar-refractivity contribution in [3.8, 4) is 0 Å². The summed E-state index contributed by atoms with van der Waals surface area (Å²) in [5.41, 5.74) is 8.31. The van der Waals surface area contributed by atoms with Crippen molar-refractivity contribution in [3.63, 3.8) is 0 Å². The average Bonchev–Trinajstić information content (AvgIpc) is 3.20. The van der Waals surface area contributed by atoms with Crippen LogP contribution in [0.1, 0.15) is 61.3 Å². The first-order valence-corrected chi connectivity index (χ1v) is 7.45. The molecule has 3 aliphatic rings. The molecule has 0 spiro atoms. The molecule has 98 valence electrons. The predicted molar refractivity (Wildman–Crippen MR) is 85.0 cm³/mol. The molecule has 2 unspecified atom stereocenters. The Morgan fingerprint density at radius 2 is 1.84 bits per heavy atom. The Hall–Kier alpha value is -1.56. The van der Waals surface area contributed by atoms with Gasteiger partial charge in [0.2, 0.25) is 0 Å². The van der Waals surface area contributed by atoms with Crippen LogP contribution in [-0.2, 0) is 0 Å². The fraction of sp³-hybridized carbons (Fsp3) is 0.368. The first kappa shape index (κ1) is 12.5. The van der Waals surface area contributed by atoms with E-state index in [4.69, 9.17) is 0 Å². The van der Waals surface area contributed by atoms with Crippen LogP contribution in [0.2, 0.25) is 0 Å². The second-order valence-corrected chi connectivity index (χ2v) is 5.61. The summed E-state index contributed by atoms with van der Waals surface area (Å²) in [7, 11) is 0. The number of benzene rings is 1. The highest BCUT2D eigenvalue weighted by Gasteiger charge is 2.44. The number of rotatable bonds is 0. The molecular weight excluding hydrogens is 228 g/mol. The Bertz CT molecular complexity index is 586. The van der Waals surface area contributed by atoms with Gasteiger partial charge in [-0.2, -0.15) is 0 Å². The highest BCUT2D eigenvalue weighted by Crippen LogP contribution is 2.59. The van der Waals surface area contributed by atoms with Crippen molar-refractivity contribution in [1.82, 2.24) is 0 Å². The molecule has 0 N–H and O–H groups in total. The van der Waals surface area contributed by atoms with Gasteiger partial charge >= 0.3 is 0 Å². The number of hydrogen-bond acceptors (Lipinski definition) is 0. The summed E-state index contributed by atoms with van der Waals surface area (Å²) in [6.45, 7) is 12.6.